The lowest BCUT2D eigenvalue weighted by Gasteiger charge is -2.26. The van der Waals surface area contributed by atoms with E-state index < -0.39 is 0 Å². The second kappa shape index (κ2) is 9.04. The predicted molar refractivity (Wildman–Crippen MR) is 158 cm³/mol. The lowest BCUT2D eigenvalue weighted by atomic mass is 10.1. The minimum atomic E-state index is 0.250. The summed E-state index contributed by atoms with van der Waals surface area (Å²) in [6.07, 6.45) is 0. The molecule has 2 aromatic heterocycles. The molecule has 0 amide bonds. The van der Waals surface area contributed by atoms with Crippen LogP contribution < -0.4 is 4.90 Å². The molecule has 7 rings (SSSR count). The van der Waals surface area contributed by atoms with Crippen LogP contribution >= 0.6 is 0 Å². The predicted octanol–water partition coefficient (Wildman–Crippen LogP) is 9.80. The highest BCUT2D eigenvalue weighted by Crippen LogP contribution is 2.42. The van der Waals surface area contributed by atoms with Gasteiger partial charge in [-0.25, -0.2) is 9.69 Å². The van der Waals surface area contributed by atoms with Gasteiger partial charge in [-0.3, -0.25) is 0 Å². The third-order valence-electron chi connectivity index (χ3n) is 7.15. The Balaban J connectivity index is 1.45. The summed E-state index contributed by atoms with van der Waals surface area (Å²) in [7, 11) is 0. The van der Waals surface area contributed by atoms with E-state index in [0.29, 0.717) is 44.8 Å². The van der Waals surface area contributed by atoms with E-state index in [0.717, 1.165) is 32.9 Å². The van der Waals surface area contributed by atoms with E-state index in [1.165, 1.54) is 0 Å². The van der Waals surface area contributed by atoms with E-state index in [4.69, 9.17) is 22.0 Å². The molecule has 7 aromatic rings. The number of rotatable bonds is 3. The van der Waals surface area contributed by atoms with Gasteiger partial charge >= 0.3 is 0 Å². The lowest BCUT2D eigenvalue weighted by Crippen LogP contribution is -2.09. The molecule has 0 aliphatic carbocycles. The second-order valence-electron chi connectivity index (χ2n) is 9.44. The Kier molecular flexibility index (Phi) is 5.19. The van der Waals surface area contributed by atoms with Crippen molar-refractivity contribution in [3.8, 4) is 12.1 Å². The topological polar surface area (TPSA) is 85.8 Å². The minimum Gasteiger partial charge on any atom is -0.457 e. The van der Waals surface area contributed by atoms with Crippen molar-refractivity contribution in [2.45, 2.75) is 0 Å². The molecule has 0 aliphatic rings. The molecule has 0 atom stereocenters. The van der Waals surface area contributed by atoms with Crippen molar-refractivity contribution in [3.63, 3.8) is 0 Å². The molecule has 0 saturated carbocycles. The highest BCUT2D eigenvalue weighted by Gasteiger charge is 2.19. The zero-order chi connectivity index (χ0) is 28.1. The molecule has 0 unspecified atom stereocenters. The van der Waals surface area contributed by atoms with Crippen LogP contribution in [0.4, 0.5) is 28.4 Å². The Morgan fingerprint density at radius 3 is 1.68 bits per heavy atom. The van der Waals surface area contributed by atoms with Gasteiger partial charge in [-0.1, -0.05) is 18.2 Å². The van der Waals surface area contributed by atoms with Crippen LogP contribution in [0.3, 0.4) is 0 Å². The molecule has 188 valence electrons. The van der Waals surface area contributed by atoms with Crippen LogP contribution in [0, 0.1) is 35.8 Å². The van der Waals surface area contributed by atoms with Crippen LogP contribution in [0.25, 0.3) is 53.6 Å². The first-order valence-electron chi connectivity index (χ1n) is 12.5. The first kappa shape index (κ1) is 23.6. The monoisotopic (exact) mass is 525 g/mol. The van der Waals surface area contributed by atoms with Crippen molar-refractivity contribution < 1.29 is 8.83 Å². The van der Waals surface area contributed by atoms with E-state index in [1.54, 1.807) is 42.5 Å². The Morgan fingerprint density at radius 2 is 1.10 bits per heavy atom. The van der Waals surface area contributed by atoms with Crippen molar-refractivity contribution in [1.82, 2.24) is 0 Å². The number of fused-ring (bicyclic) bond motifs is 6. The summed E-state index contributed by atoms with van der Waals surface area (Å²) in [4.78, 5) is 9.05. The largest absolute Gasteiger partial charge is 0.457 e. The third-order valence-corrected chi connectivity index (χ3v) is 7.15. The van der Waals surface area contributed by atoms with Gasteiger partial charge in [-0.2, -0.15) is 10.5 Å². The number of anilines is 3. The van der Waals surface area contributed by atoms with Gasteiger partial charge in [0.15, 0.2) is 5.69 Å². The van der Waals surface area contributed by atoms with Crippen LogP contribution in [-0.4, -0.2) is 0 Å². The average Bonchev–Trinajstić information content (AvgIpc) is 3.57. The summed E-state index contributed by atoms with van der Waals surface area (Å²) in [5, 5.41) is 22.5. The summed E-state index contributed by atoms with van der Waals surface area (Å²) < 4.78 is 12.3. The van der Waals surface area contributed by atoms with Gasteiger partial charge in [0, 0.05) is 50.7 Å². The van der Waals surface area contributed by atoms with E-state index in [1.807, 2.05) is 53.4 Å². The maximum Gasteiger partial charge on any atom is 0.206 e. The highest BCUT2D eigenvalue weighted by molar-refractivity contribution is 6.08. The number of nitrogens with zero attached hydrogens (tertiary/aromatic N) is 5. The minimum absolute atomic E-state index is 0.250. The zero-order valence-electron chi connectivity index (χ0n) is 21.2. The van der Waals surface area contributed by atoms with E-state index in [-0.39, 0.29) is 5.69 Å². The van der Waals surface area contributed by atoms with Crippen LogP contribution in [0.1, 0.15) is 11.1 Å². The van der Waals surface area contributed by atoms with Gasteiger partial charge < -0.3 is 13.7 Å². The Bertz CT molecular complexity index is 2250. The SMILES string of the molecule is [C-]#[N+]c1ccc2c(c1)oc1cc(N(c3ccc(C#N)c([N+]#[C-])c3)c3ccc4c(c3)oc3cc(C#N)ccc34)ccc12. The fraction of sp³-hybridized carbons (Fsp3) is 0. The van der Waals surface area contributed by atoms with Gasteiger partial charge in [-0.15, -0.1) is 0 Å². The maximum absolute atomic E-state index is 9.49. The van der Waals surface area contributed by atoms with Crippen LogP contribution in [0.5, 0.6) is 0 Å². The van der Waals surface area contributed by atoms with Crippen molar-refractivity contribution in [2.24, 2.45) is 0 Å². The van der Waals surface area contributed by atoms with Gasteiger partial charge in [0.2, 0.25) is 5.69 Å². The summed E-state index contributed by atoms with van der Waals surface area (Å²) in [6, 6.07) is 31.9. The molecule has 0 spiro atoms. The number of hydrogen-bond acceptors (Lipinski definition) is 5. The second-order valence-corrected chi connectivity index (χ2v) is 9.44. The molecule has 7 heteroatoms. The normalized spacial score (nSPS) is 10.8. The number of benzene rings is 5. The van der Waals surface area contributed by atoms with Crippen molar-refractivity contribution in [2.75, 3.05) is 4.90 Å². The zero-order valence-corrected chi connectivity index (χ0v) is 21.2. The smallest absolute Gasteiger partial charge is 0.206 e. The maximum atomic E-state index is 9.49. The summed E-state index contributed by atoms with van der Waals surface area (Å²) in [5.41, 5.74) is 6.34. The Morgan fingerprint density at radius 1 is 0.561 bits per heavy atom. The number of hydrogen-bond donors (Lipinski definition) is 0. The molecule has 0 radical (unpaired) electrons. The van der Waals surface area contributed by atoms with Crippen LogP contribution in [0.2, 0.25) is 0 Å². The first-order chi connectivity index (χ1) is 20.1. The Labute approximate surface area is 233 Å². The molecule has 0 saturated heterocycles. The summed E-state index contributed by atoms with van der Waals surface area (Å²) >= 11 is 0. The van der Waals surface area contributed by atoms with E-state index >= 15 is 0 Å². The van der Waals surface area contributed by atoms with Crippen molar-refractivity contribution in [1.29, 1.82) is 10.5 Å². The van der Waals surface area contributed by atoms with Crippen molar-refractivity contribution in [3.05, 3.63) is 125 Å². The van der Waals surface area contributed by atoms with E-state index in [2.05, 4.69) is 21.8 Å². The van der Waals surface area contributed by atoms with Crippen LogP contribution in [-0.2, 0) is 0 Å². The average molecular weight is 526 g/mol. The molecular weight excluding hydrogens is 510 g/mol. The molecule has 5 aromatic carbocycles. The molecule has 0 fully saturated rings. The van der Waals surface area contributed by atoms with Crippen molar-refractivity contribution >= 4 is 72.3 Å². The summed E-state index contributed by atoms with van der Waals surface area (Å²) in [5.74, 6) is 0. The van der Waals surface area contributed by atoms with Gasteiger partial charge in [-0.05, 0) is 60.7 Å². The molecule has 2 heterocycles. The van der Waals surface area contributed by atoms with E-state index in [9.17, 15) is 10.5 Å². The van der Waals surface area contributed by atoms with Crippen LogP contribution in [0.15, 0.2) is 99.8 Å². The van der Waals surface area contributed by atoms with Gasteiger partial charge in [0.1, 0.15) is 22.3 Å². The number of nitriles is 2. The standard InChI is InChI=1S/C34H15N5O2/c1-37-22-5-10-27-29-12-8-25(17-34(29)41-32(27)14-22)39(23-6-4-21(19-36)30(15-23)38-2)24-7-11-28-26-9-3-20(18-35)13-31(26)40-33(28)16-24/h3-17H. The molecular formula is C34H15N5O2. The highest BCUT2D eigenvalue weighted by atomic mass is 16.3. The summed E-state index contributed by atoms with van der Waals surface area (Å²) in [6.45, 7) is 14.9. The molecule has 7 nitrogen and oxygen atoms in total. The quantitative estimate of drug-likeness (QED) is 0.214. The Hall–Kier alpha value is -6.54. The lowest BCUT2D eigenvalue weighted by molar-refractivity contribution is 0.669. The fourth-order valence-electron chi connectivity index (χ4n) is 5.23. The molecule has 0 N–H and O–H groups in total. The molecule has 0 bridgehead atoms. The van der Waals surface area contributed by atoms with Gasteiger partial charge in [0.25, 0.3) is 0 Å². The third kappa shape index (κ3) is 3.71. The molecule has 0 aliphatic heterocycles. The fourth-order valence-corrected chi connectivity index (χ4v) is 5.23. The van der Waals surface area contributed by atoms with Gasteiger partial charge in [0.05, 0.1) is 36.4 Å². The first-order valence-corrected chi connectivity index (χ1v) is 12.5. The molecule has 41 heavy (non-hydrogen) atoms. The number of furan rings is 2.